The van der Waals surface area contributed by atoms with Gasteiger partial charge in [-0.2, -0.15) is 0 Å². The van der Waals surface area contributed by atoms with E-state index in [1.165, 1.54) is 4.90 Å². The Labute approximate surface area is 156 Å². The monoisotopic (exact) mass is 362 g/mol. The zero-order valence-corrected chi connectivity index (χ0v) is 14.5. The van der Waals surface area contributed by atoms with E-state index in [1.807, 2.05) is 0 Å². The van der Waals surface area contributed by atoms with E-state index < -0.39 is 23.8 Å². The number of benzene rings is 1. The molecule has 0 spiro atoms. The van der Waals surface area contributed by atoms with Gasteiger partial charge in [0.25, 0.3) is 11.8 Å². The summed E-state index contributed by atoms with van der Waals surface area (Å²) in [5.74, 6) is -2.40. The summed E-state index contributed by atoms with van der Waals surface area (Å²) in [7, 11) is 0. The molecule has 0 aromatic heterocycles. The summed E-state index contributed by atoms with van der Waals surface area (Å²) in [6.45, 7) is 0.358. The predicted molar refractivity (Wildman–Crippen MR) is 95.0 cm³/mol. The number of carbonyl (C=O) groups is 4. The van der Waals surface area contributed by atoms with Gasteiger partial charge >= 0.3 is 0 Å². The van der Waals surface area contributed by atoms with Crippen molar-refractivity contribution >= 4 is 23.6 Å². The minimum Gasteiger partial charge on any atom is -0.276 e. The van der Waals surface area contributed by atoms with E-state index >= 15 is 0 Å². The van der Waals surface area contributed by atoms with Gasteiger partial charge in [-0.1, -0.05) is 42.5 Å². The molecule has 6 heteroatoms. The number of likely N-dealkylation sites (tertiary alicyclic amines) is 2. The largest absolute Gasteiger partial charge is 0.276 e. The van der Waals surface area contributed by atoms with Crippen molar-refractivity contribution in [1.29, 1.82) is 0 Å². The van der Waals surface area contributed by atoms with Crippen LogP contribution >= 0.6 is 0 Å². The molecule has 5 atom stereocenters. The summed E-state index contributed by atoms with van der Waals surface area (Å²) >= 11 is 0. The van der Waals surface area contributed by atoms with Crippen molar-refractivity contribution in [1.82, 2.24) is 9.80 Å². The van der Waals surface area contributed by atoms with Gasteiger partial charge in [0, 0.05) is 12.1 Å². The first-order valence-electron chi connectivity index (χ1n) is 9.20. The zero-order chi connectivity index (χ0) is 18.7. The molecular weight excluding hydrogens is 344 g/mol. The van der Waals surface area contributed by atoms with Crippen molar-refractivity contribution in [3.63, 3.8) is 0 Å². The predicted octanol–water partition coefficient (Wildman–Crippen LogP) is 1.40. The van der Waals surface area contributed by atoms with Crippen molar-refractivity contribution in [2.45, 2.75) is 12.5 Å². The summed E-state index contributed by atoms with van der Waals surface area (Å²) < 4.78 is 0. The number of hydrogen-bond acceptors (Lipinski definition) is 4. The van der Waals surface area contributed by atoms with Gasteiger partial charge in [-0.3, -0.25) is 29.0 Å². The van der Waals surface area contributed by atoms with Crippen LogP contribution in [-0.4, -0.2) is 46.0 Å². The molecule has 2 heterocycles. The normalized spacial score (nSPS) is 33.9. The number of carbonyl (C=O) groups excluding carboxylic acids is 4. The van der Waals surface area contributed by atoms with Gasteiger partial charge in [-0.15, -0.1) is 0 Å². The van der Waals surface area contributed by atoms with Crippen LogP contribution < -0.4 is 0 Å². The van der Waals surface area contributed by atoms with E-state index in [0.29, 0.717) is 12.1 Å². The van der Waals surface area contributed by atoms with Crippen LogP contribution in [0.25, 0.3) is 0 Å². The lowest BCUT2D eigenvalue weighted by Gasteiger charge is -2.34. The van der Waals surface area contributed by atoms with E-state index in [9.17, 15) is 19.2 Å². The molecule has 136 valence electrons. The number of nitrogens with zero attached hydrogens (tertiary/aromatic N) is 2. The molecule has 27 heavy (non-hydrogen) atoms. The van der Waals surface area contributed by atoms with Gasteiger partial charge in [-0.05, 0) is 30.4 Å². The maximum absolute atomic E-state index is 13.2. The molecule has 2 saturated heterocycles. The highest BCUT2D eigenvalue weighted by Gasteiger charge is 2.61. The Balaban J connectivity index is 1.47. The van der Waals surface area contributed by atoms with E-state index in [0.717, 1.165) is 11.3 Å². The molecule has 6 nitrogen and oxygen atoms in total. The molecule has 1 saturated carbocycles. The lowest BCUT2D eigenvalue weighted by molar-refractivity contribution is -0.152. The topological polar surface area (TPSA) is 74.8 Å². The lowest BCUT2D eigenvalue weighted by atomic mass is 9.91. The highest BCUT2D eigenvalue weighted by atomic mass is 16.2. The van der Waals surface area contributed by atoms with Crippen LogP contribution in [-0.2, 0) is 14.4 Å². The molecule has 0 N–H and O–H groups in total. The van der Waals surface area contributed by atoms with Gasteiger partial charge in [0.15, 0.2) is 0 Å². The van der Waals surface area contributed by atoms with E-state index in [1.54, 1.807) is 54.6 Å². The van der Waals surface area contributed by atoms with Gasteiger partial charge in [0.05, 0.1) is 11.8 Å². The first-order valence-corrected chi connectivity index (χ1v) is 9.20. The van der Waals surface area contributed by atoms with Gasteiger partial charge in [0.1, 0.15) is 6.04 Å². The Hall–Kier alpha value is -3.02. The van der Waals surface area contributed by atoms with E-state index in [-0.39, 0.29) is 29.6 Å². The third kappa shape index (κ3) is 2.32. The number of fused-ring (bicyclic) bond motifs is 2. The summed E-state index contributed by atoms with van der Waals surface area (Å²) in [6.07, 6.45) is 7.70. The Bertz CT molecular complexity index is 889. The van der Waals surface area contributed by atoms with Crippen LogP contribution in [0.5, 0.6) is 0 Å². The van der Waals surface area contributed by atoms with Crippen LogP contribution in [0.15, 0.2) is 54.6 Å². The second kappa shape index (κ2) is 5.74. The average Bonchev–Trinajstić information content (AvgIpc) is 3.43. The molecule has 1 aromatic carbocycles. The molecular formula is C21H18N2O4. The molecule has 1 aromatic rings. The Morgan fingerprint density at radius 3 is 2.15 bits per heavy atom. The Kier molecular flexibility index (Phi) is 3.44. The maximum atomic E-state index is 13.2. The quantitative estimate of drug-likeness (QED) is 0.746. The van der Waals surface area contributed by atoms with Crippen LogP contribution in [0, 0.1) is 23.7 Å². The van der Waals surface area contributed by atoms with Gasteiger partial charge < -0.3 is 0 Å². The summed E-state index contributed by atoms with van der Waals surface area (Å²) in [5, 5.41) is 0. The zero-order valence-electron chi connectivity index (χ0n) is 14.5. The van der Waals surface area contributed by atoms with Crippen LogP contribution in [0.4, 0.5) is 0 Å². The highest BCUT2D eigenvalue weighted by Crippen LogP contribution is 2.49. The molecule has 5 rings (SSSR count). The molecule has 3 fully saturated rings. The Morgan fingerprint density at radius 2 is 1.52 bits per heavy atom. The average molecular weight is 362 g/mol. The third-order valence-electron chi connectivity index (χ3n) is 6.04. The number of hydrogen-bond donors (Lipinski definition) is 0. The number of allylic oxidation sites excluding steroid dienone is 2. The third-order valence-corrected chi connectivity index (χ3v) is 6.04. The molecule has 2 aliphatic carbocycles. The van der Waals surface area contributed by atoms with E-state index in [4.69, 9.17) is 0 Å². The number of amides is 4. The smallest absolute Gasteiger partial charge is 0.260 e. The van der Waals surface area contributed by atoms with Crippen LogP contribution in [0.2, 0.25) is 0 Å². The van der Waals surface area contributed by atoms with E-state index in [2.05, 4.69) is 0 Å². The first kappa shape index (κ1) is 16.2. The molecule has 5 unspecified atom stereocenters. The van der Waals surface area contributed by atoms with Gasteiger partial charge in [0.2, 0.25) is 11.8 Å². The number of piperidine rings is 1. The minimum absolute atomic E-state index is 0.0293. The fourth-order valence-corrected chi connectivity index (χ4v) is 4.54. The van der Waals surface area contributed by atoms with Crippen LogP contribution in [0.3, 0.4) is 0 Å². The first-order chi connectivity index (χ1) is 13.1. The molecule has 0 bridgehead atoms. The number of imide groups is 2. The molecule has 4 amide bonds. The fraction of sp³-hybridized carbons (Fsp3) is 0.333. The van der Waals surface area contributed by atoms with Crippen molar-refractivity contribution in [2.24, 2.45) is 23.7 Å². The van der Waals surface area contributed by atoms with Crippen LogP contribution in [0.1, 0.15) is 16.8 Å². The van der Waals surface area contributed by atoms with Crippen molar-refractivity contribution in [2.75, 3.05) is 6.54 Å². The van der Waals surface area contributed by atoms with Gasteiger partial charge in [-0.25, -0.2) is 0 Å². The van der Waals surface area contributed by atoms with Crippen molar-refractivity contribution < 1.29 is 19.2 Å². The second-order valence-electron chi connectivity index (χ2n) is 7.59. The maximum Gasteiger partial charge on any atom is 0.260 e. The Morgan fingerprint density at radius 1 is 0.889 bits per heavy atom. The summed E-state index contributed by atoms with van der Waals surface area (Å²) in [6, 6.07) is 7.77. The standard InChI is InChI=1S/C21H18N2O4/c24-18(12-6-2-1-3-7-12)22-11-13-10-16(13)17(21(22)27)23-19(25)14-8-4-5-9-15(14)20(23)26/h1-9,13-17H,10-11H2. The summed E-state index contributed by atoms with van der Waals surface area (Å²) in [4.78, 5) is 54.1. The summed E-state index contributed by atoms with van der Waals surface area (Å²) in [5.41, 5.74) is 0.433. The second-order valence-corrected chi connectivity index (χ2v) is 7.59. The molecule has 0 radical (unpaired) electrons. The molecule has 4 aliphatic rings. The highest BCUT2D eigenvalue weighted by molar-refractivity contribution is 6.13. The SMILES string of the molecule is O=C(c1ccccc1)N1CC2CC2C(N2C(=O)C3C=CC=CC3C2=O)C1=O. The molecule has 2 aliphatic heterocycles. The lowest BCUT2D eigenvalue weighted by Crippen LogP contribution is -2.57. The van der Waals surface area contributed by atoms with Crippen molar-refractivity contribution in [3.05, 3.63) is 60.2 Å². The minimum atomic E-state index is -0.858. The van der Waals surface area contributed by atoms with Crippen molar-refractivity contribution in [3.8, 4) is 0 Å². The fourth-order valence-electron chi connectivity index (χ4n) is 4.54. The number of rotatable bonds is 2.